The van der Waals surface area contributed by atoms with E-state index in [1.165, 1.54) is 24.5 Å². The van der Waals surface area contributed by atoms with E-state index in [0.29, 0.717) is 34.9 Å². The second kappa shape index (κ2) is 8.14. The molecule has 1 aromatic carbocycles. The first-order chi connectivity index (χ1) is 14.7. The molecule has 0 spiro atoms. The highest BCUT2D eigenvalue weighted by molar-refractivity contribution is 5.89. The maximum atomic E-state index is 13.6. The Morgan fingerprint density at radius 1 is 1.32 bits per heavy atom. The van der Waals surface area contributed by atoms with Gasteiger partial charge in [-0.1, -0.05) is 13.8 Å². The van der Waals surface area contributed by atoms with Crippen LogP contribution in [-0.2, 0) is 0 Å². The molecular formula is C22H26FN5O3. The summed E-state index contributed by atoms with van der Waals surface area (Å²) in [6, 6.07) is 3.52. The van der Waals surface area contributed by atoms with Crippen molar-refractivity contribution in [2.45, 2.75) is 45.9 Å². The monoisotopic (exact) mass is 427 g/mol. The summed E-state index contributed by atoms with van der Waals surface area (Å²) in [4.78, 5) is 23.1. The minimum Gasteiger partial charge on any atom is -0.459 e. The summed E-state index contributed by atoms with van der Waals surface area (Å²) in [7, 11) is 0. The number of benzene rings is 1. The molecule has 1 aliphatic heterocycles. The zero-order valence-corrected chi connectivity index (χ0v) is 17.9. The fourth-order valence-corrected chi connectivity index (χ4v) is 3.74. The number of nitrogens with one attached hydrogen (secondary N) is 2. The summed E-state index contributed by atoms with van der Waals surface area (Å²) in [6.07, 6.45) is 2.68. The van der Waals surface area contributed by atoms with Crippen LogP contribution in [0.2, 0.25) is 0 Å². The summed E-state index contributed by atoms with van der Waals surface area (Å²) in [6.45, 7) is 8.19. The topological polar surface area (TPSA) is 104 Å². The highest BCUT2D eigenvalue weighted by atomic mass is 19.1. The quantitative estimate of drug-likeness (QED) is 0.573. The average Bonchev–Trinajstić information content (AvgIpc) is 3.06. The van der Waals surface area contributed by atoms with Crippen molar-refractivity contribution in [2.24, 2.45) is 5.92 Å². The summed E-state index contributed by atoms with van der Waals surface area (Å²) in [5.74, 6) is 0.810. The highest BCUT2D eigenvalue weighted by Gasteiger charge is 2.35. The fraction of sp³-hybridized carbons (Fsp3) is 0.409. The Labute approximate surface area is 179 Å². The molecule has 1 fully saturated rings. The van der Waals surface area contributed by atoms with Gasteiger partial charge in [0.1, 0.15) is 17.2 Å². The Balaban J connectivity index is 1.47. The molecular weight excluding hydrogens is 401 g/mol. The number of β-amino-alcohol motifs (C(OH)–C–C–N with tert-alkyl or cyclic N) is 1. The number of amides is 2. The van der Waals surface area contributed by atoms with E-state index in [9.17, 15) is 14.3 Å². The molecule has 4 rings (SSSR count). The van der Waals surface area contributed by atoms with Crippen LogP contribution in [0.25, 0.3) is 11.0 Å². The molecule has 31 heavy (non-hydrogen) atoms. The summed E-state index contributed by atoms with van der Waals surface area (Å²) < 4.78 is 19.6. The van der Waals surface area contributed by atoms with Crippen molar-refractivity contribution in [3.63, 3.8) is 0 Å². The van der Waals surface area contributed by atoms with Crippen LogP contribution in [0.4, 0.5) is 20.8 Å². The predicted molar refractivity (Wildman–Crippen MR) is 115 cm³/mol. The largest absolute Gasteiger partial charge is 0.459 e. The Morgan fingerprint density at radius 3 is 2.65 bits per heavy atom. The van der Waals surface area contributed by atoms with Gasteiger partial charge in [-0.15, -0.1) is 0 Å². The number of aliphatic hydroxyl groups excluding tert-OH is 1. The summed E-state index contributed by atoms with van der Waals surface area (Å²) in [5, 5.41) is 16.0. The number of hydrogen-bond donors (Lipinski definition) is 3. The van der Waals surface area contributed by atoms with E-state index in [4.69, 9.17) is 4.42 Å². The maximum Gasteiger partial charge on any atom is 0.319 e. The van der Waals surface area contributed by atoms with Crippen LogP contribution in [-0.4, -0.2) is 39.8 Å². The Morgan fingerprint density at radius 2 is 2.03 bits per heavy atom. The van der Waals surface area contributed by atoms with Crippen LogP contribution in [0.3, 0.4) is 0 Å². The van der Waals surface area contributed by atoms with Gasteiger partial charge < -0.3 is 25.1 Å². The number of anilines is 2. The number of urea groups is 1. The van der Waals surface area contributed by atoms with Gasteiger partial charge in [-0.3, -0.25) is 0 Å². The van der Waals surface area contributed by atoms with E-state index in [2.05, 4.69) is 20.6 Å². The van der Waals surface area contributed by atoms with Gasteiger partial charge in [0, 0.05) is 17.5 Å². The first kappa shape index (κ1) is 21.0. The van der Waals surface area contributed by atoms with E-state index in [-0.39, 0.29) is 23.9 Å². The number of rotatable bonds is 5. The number of nitrogens with zero attached hydrogens (tertiary/aromatic N) is 3. The lowest BCUT2D eigenvalue weighted by Gasteiger charge is -2.43. The lowest BCUT2D eigenvalue weighted by molar-refractivity contribution is 0.0979. The number of hydrogen-bond acceptors (Lipinski definition) is 6. The molecule has 2 amide bonds. The van der Waals surface area contributed by atoms with Gasteiger partial charge in [-0.2, -0.15) is 0 Å². The third kappa shape index (κ3) is 4.05. The van der Waals surface area contributed by atoms with Crippen molar-refractivity contribution < 1.29 is 18.7 Å². The molecule has 3 N–H and O–H groups in total. The Hall–Kier alpha value is -3.20. The molecule has 2 aromatic heterocycles. The van der Waals surface area contributed by atoms with E-state index in [0.717, 1.165) is 5.56 Å². The Kier molecular flexibility index (Phi) is 5.53. The second-order valence-corrected chi connectivity index (χ2v) is 8.28. The number of halogens is 1. The lowest BCUT2D eigenvalue weighted by atomic mass is 9.98. The predicted octanol–water partition coefficient (Wildman–Crippen LogP) is 3.76. The lowest BCUT2D eigenvalue weighted by Crippen LogP contribution is -2.59. The van der Waals surface area contributed by atoms with Crippen LogP contribution in [0, 0.1) is 18.7 Å². The van der Waals surface area contributed by atoms with Crippen molar-refractivity contribution >= 4 is 28.6 Å². The van der Waals surface area contributed by atoms with Gasteiger partial charge in [0.25, 0.3) is 0 Å². The first-order valence-electron chi connectivity index (χ1n) is 10.3. The summed E-state index contributed by atoms with van der Waals surface area (Å²) in [5.41, 5.74) is 1.82. The van der Waals surface area contributed by atoms with E-state index < -0.39 is 12.1 Å². The van der Waals surface area contributed by atoms with Crippen molar-refractivity contribution in [2.75, 3.05) is 16.8 Å². The average molecular weight is 427 g/mol. The van der Waals surface area contributed by atoms with Gasteiger partial charge in [0.15, 0.2) is 0 Å². The fourth-order valence-electron chi connectivity index (χ4n) is 3.74. The van der Waals surface area contributed by atoms with Gasteiger partial charge in [0.05, 0.1) is 36.3 Å². The van der Waals surface area contributed by atoms with Crippen LogP contribution in [0.1, 0.15) is 38.1 Å². The third-order valence-electron chi connectivity index (χ3n) is 5.76. The van der Waals surface area contributed by atoms with E-state index >= 15 is 0 Å². The number of aromatic nitrogens is 2. The van der Waals surface area contributed by atoms with Gasteiger partial charge in [-0.25, -0.2) is 19.2 Å². The SMILES string of the molecule is Cc1c([C@@H](NC(=O)Nc2cnc(N3C[C@H](O)[C@H]3C)nc2)C(C)C)oc2ccc(F)cc12. The van der Waals surface area contributed by atoms with Crippen molar-refractivity contribution in [1.82, 2.24) is 15.3 Å². The number of carbonyl (C=O) groups is 1. The molecule has 0 saturated carbocycles. The van der Waals surface area contributed by atoms with E-state index in [1.54, 1.807) is 6.07 Å². The second-order valence-electron chi connectivity index (χ2n) is 8.28. The molecule has 1 aliphatic rings. The zero-order chi connectivity index (χ0) is 22.3. The van der Waals surface area contributed by atoms with Crippen molar-refractivity contribution in [1.29, 1.82) is 0 Å². The molecule has 3 aromatic rings. The maximum absolute atomic E-state index is 13.6. The minimum atomic E-state index is -0.422. The summed E-state index contributed by atoms with van der Waals surface area (Å²) >= 11 is 0. The normalized spacial score (nSPS) is 19.4. The molecule has 3 atom stereocenters. The Bertz CT molecular complexity index is 1100. The standard InChI is InChI=1S/C22H26FN5O3/c1-11(2)19(20-12(3)16-7-14(23)5-6-18(16)31-20)27-22(30)26-15-8-24-21(25-9-15)28-10-17(29)13(28)4/h5-9,11,13,17,19,29H,10H2,1-4H3,(H2,26,27,30)/t13-,17+,19+/m1/s1. The van der Waals surface area contributed by atoms with Crippen LogP contribution in [0.15, 0.2) is 35.0 Å². The minimum absolute atomic E-state index is 0.0329. The van der Waals surface area contributed by atoms with Crippen molar-refractivity contribution in [3.05, 3.63) is 47.7 Å². The smallest absolute Gasteiger partial charge is 0.319 e. The number of carbonyl (C=O) groups excluding carboxylic acids is 1. The van der Waals surface area contributed by atoms with Gasteiger partial charge >= 0.3 is 6.03 Å². The number of aliphatic hydroxyl groups is 1. The molecule has 9 heteroatoms. The van der Waals surface area contributed by atoms with E-state index in [1.807, 2.05) is 32.6 Å². The number of furan rings is 1. The van der Waals surface area contributed by atoms with Gasteiger partial charge in [0.2, 0.25) is 5.95 Å². The number of fused-ring (bicyclic) bond motifs is 1. The third-order valence-corrected chi connectivity index (χ3v) is 5.76. The molecule has 8 nitrogen and oxygen atoms in total. The molecule has 0 unspecified atom stereocenters. The van der Waals surface area contributed by atoms with Crippen LogP contribution < -0.4 is 15.5 Å². The first-order valence-corrected chi connectivity index (χ1v) is 10.3. The molecule has 0 bridgehead atoms. The van der Waals surface area contributed by atoms with Crippen LogP contribution >= 0.6 is 0 Å². The molecule has 0 radical (unpaired) electrons. The molecule has 1 saturated heterocycles. The van der Waals surface area contributed by atoms with Crippen LogP contribution in [0.5, 0.6) is 0 Å². The van der Waals surface area contributed by atoms with Gasteiger partial charge in [-0.05, 0) is 38.0 Å². The molecule has 0 aliphatic carbocycles. The molecule has 164 valence electrons. The highest BCUT2D eigenvalue weighted by Crippen LogP contribution is 2.33. The zero-order valence-electron chi connectivity index (χ0n) is 17.9. The molecule has 3 heterocycles. The number of aryl methyl sites for hydroxylation is 1. The van der Waals surface area contributed by atoms with Crippen molar-refractivity contribution in [3.8, 4) is 0 Å².